The lowest BCUT2D eigenvalue weighted by Crippen LogP contribution is -2.15. The number of aromatic nitrogens is 2. The van der Waals surface area contributed by atoms with Crippen LogP contribution in [0, 0.1) is 0 Å². The zero-order valence-electron chi connectivity index (χ0n) is 8.36. The summed E-state index contributed by atoms with van der Waals surface area (Å²) in [6, 6.07) is 0. The average molecular weight is 266 g/mol. The molecule has 0 atom stereocenters. The van der Waals surface area contributed by atoms with Gasteiger partial charge in [0.1, 0.15) is 0 Å². The van der Waals surface area contributed by atoms with E-state index in [1.165, 1.54) is 0 Å². The van der Waals surface area contributed by atoms with Crippen LogP contribution in [0.2, 0.25) is 5.15 Å². The predicted octanol–water partition coefficient (Wildman–Crippen LogP) is 2.97. The van der Waals surface area contributed by atoms with Crippen LogP contribution in [-0.2, 0) is 6.54 Å². The van der Waals surface area contributed by atoms with Gasteiger partial charge in [0, 0.05) is 18.1 Å². The standard InChI is InChI=1S/C9H12ClN3S.ClH/c1-2-3-11-6-7-8(10)12-9-13(7)4-5-14-9;/h4-5,11H,2-3,6H2,1H3;1H. The molecule has 0 unspecified atom stereocenters. The average Bonchev–Trinajstić information content (AvgIpc) is 2.69. The van der Waals surface area contributed by atoms with Crippen LogP contribution in [0.15, 0.2) is 11.6 Å². The Bertz CT molecular complexity index is 424. The lowest BCUT2D eigenvalue weighted by Gasteiger charge is -2.01. The number of halogens is 2. The Kier molecular flexibility index (Phi) is 4.86. The molecule has 0 fully saturated rings. The second-order valence-corrected chi connectivity index (χ2v) is 4.31. The molecule has 2 rings (SSSR count). The molecular formula is C9H13Cl2N3S. The second-order valence-electron chi connectivity index (χ2n) is 3.08. The van der Waals surface area contributed by atoms with Gasteiger partial charge in [-0.2, -0.15) is 0 Å². The van der Waals surface area contributed by atoms with E-state index in [4.69, 9.17) is 11.6 Å². The summed E-state index contributed by atoms with van der Waals surface area (Å²) in [5.74, 6) is 0. The molecule has 0 saturated carbocycles. The van der Waals surface area contributed by atoms with E-state index >= 15 is 0 Å². The topological polar surface area (TPSA) is 29.3 Å². The third-order valence-corrected chi connectivity index (χ3v) is 3.09. The molecule has 0 spiro atoms. The van der Waals surface area contributed by atoms with Gasteiger partial charge in [-0.3, -0.25) is 4.40 Å². The summed E-state index contributed by atoms with van der Waals surface area (Å²) >= 11 is 7.62. The molecule has 0 bridgehead atoms. The lowest BCUT2D eigenvalue weighted by atomic mass is 10.4. The van der Waals surface area contributed by atoms with E-state index in [0.717, 1.165) is 30.2 Å². The number of hydrogen-bond acceptors (Lipinski definition) is 3. The van der Waals surface area contributed by atoms with Crippen LogP contribution in [0.4, 0.5) is 0 Å². The molecule has 0 radical (unpaired) electrons. The van der Waals surface area contributed by atoms with Crippen LogP contribution < -0.4 is 5.32 Å². The van der Waals surface area contributed by atoms with Gasteiger partial charge in [0.05, 0.1) is 5.69 Å². The first-order valence-electron chi connectivity index (χ1n) is 4.63. The van der Waals surface area contributed by atoms with E-state index in [-0.39, 0.29) is 12.4 Å². The number of rotatable bonds is 4. The van der Waals surface area contributed by atoms with Crippen molar-refractivity contribution in [3.05, 3.63) is 22.4 Å². The maximum absolute atomic E-state index is 6.02. The van der Waals surface area contributed by atoms with Crippen LogP contribution in [0.3, 0.4) is 0 Å². The Hall–Kier alpha value is -0.290. The normalized spacial score (nSPS) is 10.5. The summed E-state index contributed by atoms with van der Waals surface area (Å²) in [5.41, 5.74) is 1.05. The van der Waals surface area contributed by atoms with Crippen molar-refractivity contribution in [1.29, 1.82) is 0 Å². The predicted molar refractivity (Wildman–Crippen MR) is 67.3 cm³/mol. The number of nitrogens with zero attached hydrogens (tertiary/aromatic N) is 2. The fourth-order valence-corrected chi connectivity index (χ4v) is 2.37. The van der Waals surface area contributed by atoms with E-state index in [0.29, 0.717) is 5.15 Å². The van der Waals surface area contributed by atoms with Crippen molar-refractivity contribution < 1.29 is 0 Å². The summed E-state index contributed by atoms with van der Waals surface area (Å²) in [6.45, 7) is 3.93. The molecule has 3 nitrogen and oxygen atoms in total. The maximum Gasteiger partial charge on any atom is 0.195 e. The van der Waals surface area contributed by atoms with Crippen molar-refractivity contribution in [2.24, 2.45) is 0 Å². The zero-order valence-corrected chi connectivity index (χ0v) is 10.8. The van der Waals surface area contributed by atoms with E-state index in [1.807, 2.05) is 16.0 Å². The van der Waals surface area contributed by atoms with Crippen molar-refractivity contribution in [2.75, 3.05) is 6.54 Å². The zero-order chi connectivity index (χ0) is 9.97. The van der Waals surface area contributed by atoms with Gasteiger partial charge in [0.15, 0.2) is 10.1 Å². The smallest absolute Gasteiger partial charge is 0.195 e. The highest BCUT2D eigenvalue weighted by molar-refractivity contribution is 7.15. The van der Waals surface area contributed by atoms with Crippen molar-refractivity contribution in [2.45, 2.75) is 19.9 Å². The number of hydrogen-bond donors (Lipinski definition) is 1. The summed E-state index contributed by atoms with van der Waals surface area (Å²) < 4.78 is 2.04. The largest absolute Gasteiger partial charge is 0.311 e. The monoisotopic (exact) mass is 265 g/mol. The molecule has 0 aromatic carbocycles. The van der Waals surface area contributed by atoms with Crippen LogP contribution in [0.25, 0.3) is 4.96 Å². The fourth-order valence-electron chi connectivity index (χ4n) is 1.35. The Labute approximate surface area is 104 Å². The Balaban J connectivity index is 0.00000112. The number of nitrogens with one attached hydrogen (secondary N) is 1. The molecule has 0 aliphatic heterocycles. The molecule has 2 aromatic heterocycles. The maximum atomic E-state index is 6.02. The van der Waals surface area contributed by atoms with Gasteiger partial charge in [-0.25, -0.2) is 4.98 Å². The molecule has 0 aliphatic carbocycles. The lowest BCUT2D eigenvalue weighted by molar-refractivity contribution is 0.661. The highest BCUT2D eigenvalue weighted by Crippen LogP contribution is 2.20. The molecule has 0 aliphatic rings. The van der Waals surface area contributed by atoms with Crippen LogP contribution in [0.1, 0.15) is 19.0 Å². The Morgan fingerprint density at radius 1 is 1.60 bits per heavy atom. The molecule has 15 heavy (non-hydrogen) atoms. The van der Waals surface area contributed by atoms with Gasteiger partial charge in [-0.05, 0) is 13.0 Å². The summed E-state index contributed by atoms with van der Waals surface area (Å²) in [7, 11) is 0. The van der Waals surface area contributed by atoms with Crippen molar-refractivity contribution in [1.82, 2.24) is 14.7 Å². The van der Waals surface area contributed by atoms with Crippen molar-refractivity contribution in [3.63, 3.8) is 0 Å². The minimum absolute atomic E-state index is 0. The highest BCUT2D eigenvalue weighted by atomic mass is 35.5. The second kappa shape index (κ2) is 5.70. The van der Waals surface area contributed by atoms with E-state index in [1.54, 1.807) is 11.3 Å². The van der Waals surface area contributed by atoms with Crippen molar-refractivity contribution in [3.8, 4) is 0 Å². The molecule has 6 heteroatoms. The minimum Gasteiger partial charge on any atom is -0.311 e. The summed E-state index contributed by atoms with van der Waals surface area (Å²) in [4.78, 5) is 5.22. The molecule has 2 aromatic rings. The van der Waals surface area contributed by atoms with Crippen LogP contribution in [-0.4, -0.2) is 15.9 Å². The van der Waals surface area contributed by atoms with E-state index in [9.17, 15) is 0 Å². The van der Waals surface area contributed by atoms with Gasteiger partial charge < -0.3 is 5.32 Å². The molecule has 2 heterocycles. The fraction of sp³-hybridized carbons (Fsp3) is 0.444. The quantitative estimate of drug-likeness (QED) is 0.862. The number of imidazole rings is 1. The first-order valence-corrected chi connectivity index (χ1v) is 5.89. The summed E-state index contributed by atoms with van der Waals surface area (Å²) in [5, 5.41) is 5.95. The van der Waals surface area contributed by atoms with Crippen LogP contribution in [0.5, 0.6) is 0 Å². The Morgan fingerprint density at radius 2 is 2.40 bits per heavy atom. The van der Waals surface area contributed by atoms with Gasteiger partial charge in [-0.15, -0.1) is 23.7 Å². The first kappa shape index (κ1) is 12.8. The SMILES string of the molecule is CCCNCc1c(Cl)nc2sccn12.Cl. The van der Waals surface area contributed by atoms with E-state index < -0.39 is 0 Å². The van der Waals surface area contributed by atoms with Gasteiger partial charge in [0.2, 0.25) is 0 Å². The molecule has 0 saturated heterocycles. The van der Waals surface area contributed by atoms with Gasteiger partial charge in [-0.1, -0.05) is 18.5 Å². The van der Waals surface area contributed by atoms with Gasteiger partial charge in [0.25, 0.3) is 0 Å². The molecule has 84 valence electrons. The van der Waals surface area contributed by atoms with Crippen LogP contribution >= 0.6 is 35.3 Å². The minimum atomic E-state index is 0. The number of fused-ring (bicyclic) bond motifs is 1. The van der Waals surface area contributed by atoms with Gasteiger partial charge >= 0.3 is 0 Å². The number of thiazole rings is 1. The first-order chi connectivity index (χ1) is 6.83. The molecule has 0 amide bonds. The molecular weight excluding hydrogens is 253 g/mol. The van der Waals surface area contributed by atoms with E-state index in [2.05, 4.69) is 17.2 Å². The molecule has 1 N–H and O–H groups in total. The summed E-state index contributed by atoms with van der Waals surface area (Å²) in [6.07, 6.45) is 3.13. The van der Waals surface area contributed by atoms with Crippen molar-refractivity contribution >= 4 is 40.3 Å². The third-order valence-electron chi connectivity index (χ3n) is 2.03. The highest BCUT2D eigenvalue weighted by Gasteiger charge is 2.09. The Morgan fingerprint density at radius 3 is 3.13 bits per heavy atom. The third kappa shape index (κ3) is 2.64.